The topological polar surface area (TPSA) is 52.0 Å². The fourth-order valence-electron chi connectivity index (χ4n) is 2.28. The van der Waals surface area contributed by atoms with Crippen molar-refractivity contribution < 1.29 is 17.7 Å². The molecular formula is C10H12BrF3N2O. The summed E-state index contributed by atoms with van der Waals surface area (Å²) in [4.78, 5) is 0. The Labute approximate surface area is 105 Å². The number of halogens is 4. The Hall–Kier alpha value is -0.720. The van der Waals surface area contributed by atoms with E-state index in [1.54, 1.807) is 0 Å². The molecule has 0 radical (unpaired) electrons. The van der Waals surface area contributed by atoms with Gasteiger partial charge >= 0.3 is 6.18 Å². The highest BCUT2D eigenvalue weighted by molar-refractivity contribution is 9.10. The van der Waals surface area contributed by atoms with E-state index in [4.69, 9.17) is 10.3 Å². The fraction of sp³-hybridized carbons (Fsp3) is 0.700. The first-order chi connectivity index (χ1) is 7.89. The first-order valence-corrected chi connectivity index (χ1v) is 6.16. The van der Waals surface area contributed by atoms with Gasteiger partial charge in [-0.2, -0.15) is 13.2 Å². The molecule has 96 valence electrons. The number of nitrogens with two attached hydrogens (primary N) is 1. The molecule has 0 spiro atoms. The summed E-state index contributed by atoms with van der Waals surface area (Å²) in [5.41, 5.74) is 5.49. The summed E-state index contributed by atoms with van der Waals surface area (Å²) in [6.07, 6.45) is -2.66. The van der Waals surface area contributed by atoms with Crippen molar-refractivity contribution in [2.45, 2.75) is 37.8 Å². The second-order valence-corrected chi connectivity index (χ2v) is 5.14. The monoisotopic (exact) mass is 312 g/mol. The van der Waals surface area contributed by atoms with Crippen molar-refractivity contribution in [1.82, 2.24) is 5.16 Å². The average Bonchev–Trinajstić information content (AvgIpc) is 2.59. The molecule has 2 rings (SSSR count). The molecule has 2 N–H and O–H groups in total. The molecule has 0 amide bonds. The van der Waals surface area contributed by atoms with Crippen LogP contribution in [0.3, 0.4) is 0 Å². The van der Waals surface area contributed by atoms with Crippen LogP contribution in [0.2, 0.25) is 0 Å². The fourth-order valence-corrected chi connectivity index (χ4v) is 2.75. The zero-order chi connectivity index (χ0) is 12.6. The molecule has 0 aromatic carbocycles. The summed E-state index contributed by atoms with van der Waals surface area (Å²) in [6.45, 7) is 0. The molecule has 1 aliphatic carbocycles. The molecule has 7 heteroatoms. The maximum atomic E-state index is 12.7. The van der Waals surface area contributed by atoms with E-state index < -0.39 is 12.1 Å². The van der Waals surface area contributed by atoms with E-state index in [0.29, 0.717) is 23.1 Å². The van der Waals surface area contributed by atoms with Crippen LogP contribution in [0.25, 0.3) is 0 Å². The van der Waals surface area contributed by atoms with Crippen LogP contribution in [-0.2, 0) is 0 Å². The highest BCUT2D eigenvalue weighted by Gasteiger charge is 2.43. The summed E-state index contributed by atoms with van der Waals surface area (Å²) in [7, 11) is 0. The number of hydrogen-bond donors (Lipinski definition) is 1. The van der Waals surface area contributed by atoms with Crippen LogP contribution in [0, 0.1) is 5.92 Å². The molecular weight excluding hydrogens is 301 g/mol. The maximum absolute atomic E-state index is 12.7. The van der Waals surface area contributed by atoms with Gasteiger partial charge in [0.1, 0.15) is 4.47 Å². The zero-order valence-corrected chi connectivity index (χ0v) is 10.5. The summed E-state index contributed by atoms with van der Waals surface area (Å²) in [5.74, 6) is -0.875. The molecule has 0 saturated heterocycles. The quantitative estimate of drug-likeness (QED) is 0.856. The van der Waals surface area contributed by atoms with Crippen LogP contribution >= 0.6 is 15.9 Å². The molecule has 1 aromatic rings. The lowest BCUT2D eigenvalue weighted by molar-refractivity contribution is -0.183. The molecule has 0 bridgehead atoms. The van der Waals surface area contributed by atoms with E-state index in [0.717, 1.165) is 0 Å². The molecule has 2 unspecified atom stereocenters. The van der Waals surface area contributed by atoms with Gasteiger partial charge in [0.15, 0.2) is 11.6 Å². The van der Waals surface area contributed by atoms with E-state index in [9.17, 15) is 13.2 Å². The van der Waals surface area contributed by atoms with Gasteiger partial charge in [0.25, 0.3) is 0 Å². The first kappa shape index (κ1) is 12.7. The SMILES string of the molecule is Nc1noc(C2CCCC(C(F)(F)F)C2)c1Br. The van der Waals surface area contributed by atoms with Crippen molar-refractivity contribution in [3.63, 3.8) is 0 Å². The molecule has 17 heavy (non-hydrogen) atoms. The van der Waals surface area contributed by atoms with Gasteiger partial charge in [0, 0.05) is 5.92 Å². The van der Waals surface area contributed by atoms with E-state index in [1.807, 2.05) is 0 Å². The molecule has 1 saturated carbocycles. The molecule has 0 aliphatic heterocycles. The molecule has 1 heterocycles. The van der Waals surface area contributed by atoms with E-state index in [-0.39, 0.29) is 24.6 Å². The Morgan fingerprint density at radius 3 is 2.59 bits per heavy atom. The van der Waals surface area contributed by atoms with E-state index >= 15 is 0 Å². The second-order valence-electron chi connectivity index (χ2n) is 4.35. The minimum absolute atomic E-state index is 0.0523. The van der Waals surface area contributed by atoms with Crippen LogP contribution in [0.1, 0.15) is 37.4 Å². The van der Waals surface area contributed by atoms with Gasteiger partial charge in [-0.25, -0.2) is 0 Å². The Kier molecular flexibility index (Phi) is 3.38. The number of alkyl halides is 3. The summed E-state index contributed by atoms with van der Waals surface area (Å²) < 4.78 is 43.5. The predicted molar refractivity (Wildman–Crippen MR) is 59.4 cm³/mol. The van der Waals surface area contributed by atoms with Crippen molar-refractivity contribution in [2.75, 3.05) is 5.73 Å². The Bertz CT molecular complexity index is 405. The van der Waals surface area contributed by atoms with Crippen molar-refractivity contribution in [3.8, 4) is 0 Å². The van der Waals surface area contributed by atoms with Crippen molar-refractivity contribution in [2.24, 2.45) is 5.92 Å². The van der Waals surface area contributed by atoms with Gasteiger partial charge in [0.05, 0.1) is 5.92 Å². The molecule has 1 aliphatic rings. The Balaban J connectivity index is 2.15. The maximum Gasteiger partial charge on any atom is 0.391 e. The van der Waals surface area contributed by atoms with Crippen LogP contribution in [0.5, 0.6) is 0 Å². The van der Waals surface area contributed by atoms with Crippen molar-refractivity contribution in [1.29, 1.82) is 0 Å². The van der Waals surface area contributed by atoms with Crippen molar-refractivity contribution >= 4 is 21.7 Å². The molecule has 1 aromatic heterocycles. The van der Waals surface area contributed by atoms with Gasteiger partial charge in [-0.15, -0.1) is 0 Å². The third-order valence-electron chi connectivity index (χ3n) is 3.19. The number of anilines is 1. The lowest BCUT2D eigenvalue weighted by atomic mass is 9.80. The minimum Gasteiger partial charge on any atom is -0.380 e. The number of nitrogen functional groups attached to an aromatic ring is 1. The number of rotatable bonds is 1. The summed E-state index contributed by atoms with van der Waals surface area (Å²) in [5, 5.41) is 3.55. The average molecular weight is 313 g/mol. The van der Waals surface area contributed by atoms with Gasteiger partial charge in [-0.05, 0) is 35.2 Å². The Morgan fingerprint density at radius 2 is 2.06 bits per heavy atom. The zero-order valence-electron chi connectivity index (χ0n) is 8.93. The minimum atomic E-state index is -4.13. The van der Waals surface area contributed by atoms with Crippen LogP contribution in [0.4, 0.5) is 19.0 Å². The van der Waals surface area contributed by atoms with Crippen LogP contribution in [0.15, 0.2) is 9.00 Å². The summed E-state index contributed by atoms with van der Waals surface area (Å²) in [6, 6.07) is 0. The highest BCUT2D eigenvalue weighted by atomic mass is 79.9. The number of nitrogens with zero attached hydrogens (tertiary/aromatic N) is 1. The predicted octanol–water partition coefficient (Wildman–Crippen LogP) is 3.86. The van der Waals surface area contributed by atoms with Crippen LogP contribution < -0.4 is 5.73 Å². The standard InChI is InChI=1S/C10H12BrF3N2O/c11-7-8(17-16-9(7)15)5-2-1-3-6(4-5)10(12,13)14/h5-6H,1-4H2,(H2,15,16). The third-order valence-corrected chi connectivity index (χ3v) is 3.99. The largest absolute Gasteiger partial charge is 0.391 e. The highest BCUT2D eigenvalue weighted by Crippen LogP contribution is 2.45. The third kappa shape index (κ3) is 2.59. The van der Waals surface area contributed by atoms with Gasteiger partial charge in [-0.3, -0.25) is 0 Å². The Morgan fingerprint density at radius 1 is 1.35 bits per heavy atom. The number of hydrogen-bond acceptors (Lipinski definition) is 3. The van der Waals surface area contributed by atoms with E-state index in [1.165, 1.54) is 0 Å². The molecule has 3 nitrogen and oxygen atoms in total. The lowest BCUT2D eigenvalue weighted by Gasteiger charge is -2.29. The van der Waals surface area contributed by atoms with Gasteiger partial charge in [-0.1, -0.05) is 11.6 Å². The lowest BCUT2D eigenvalue weighted by Crippen LogP contribution is -2.28. The number of aromatic nitrogens is 1. The smallest absolute Gasteiger partial charge is 0.380 e. The van der Waals surface area contributed by atoms with E-state index in [2.05, 4.69) is 21.1 Å². The molecule has 1 fully saturated rings. The normalized spacial score (nSPS) is 26.1. The van der Waals surface area contributed by atoms with Crippen molar-refractivity contribution in [3.05, 3.63) is 10.2 Å². The molecule has 2 atom stereocenters. The second kappa shape index (κ2) is 4.51. The van der Waals surface area contributed by atoms with Crippen LogP contribution in [-0.4, -0.2) is 11.3 Å². The van der Waals surface area contributed by atoms with Gasteiger partial charge < -0.3 is 10.3 Å². The van der Waals surface area contributed by atoms with Gasteiger partial charge in [0.2, 0.25) is 0 Å². The summed E-state index contributed by atoms with van der Waals surface area (Å²) >= 11 is 3.19. The first-order valence-electron chi connectivity index (χ1n) is 5.37.